The van der Waals surface area contributed by atoms with Crippen molar-refractivity contribution in [2.75, 3.05) is 13.2 Å². The molecule has 76 valence electrons. The smallest absolute Gasteiger partial charge is 0.0469 e. The van der Waals surface area contributed by atoms with E-state index in [-0.39, 0.29) is 5.54 Å². The lowest BCUT2D eigenvalue weighted by atomic mass is 9.86. The van der Waals surface area contributed by atoms with Crippen LogP contribution in [0.15, 0.2) is 0 Å². The molecular weight excluding hydrogens is 162 g/mol. The summed E-state index contributed by atoms with van der Waals surface area (Å²) in [6.07, 6.45) is 3.61. The molecule has 1 saturated heterocycles. The van der Waals surface area contributed by atoms with E-state index in [9.17, 15) is 0 Å². The van der Waals surface area contributed by atoms with Crippen LogP contribution in [0.1, 0.15) is 33.1 Å². The minimum Gasteiger partial charge on any atom is -0.381 e. The highest BCUT2D eigenvalue weighted by atomic mass is 16.5. The fraction of sp³-hybridized carbons (Fsp3) is 1.00. The average Bonchev–Trinajstić information content (AvgIpc) is 2.82. The summed E-state index contributed by atoms with van der Waals surface area (Å²) < 4.78 is 5.36. The Bertz CT molecular complexity index is 187. The molecular formula is C11H21NO. The van der Waals surface area contributed by atoms with Crippen molar-refractivity contribution in [1.82, 2.24) is 0 Å². The van der Waals surface area contributed by atoms with Gasteiger partial charge in [0.2, 0.25) is 0 Å². The van der Waals surface area contributed by atoms with Crippen LogP contribution in [-0.2, 0) is 4.74 Å². The fourth-order valence-corrected chi connectivity index (χ4v) is 2.88. The summed E-state index contributed by atoms with van der Waals surface area (Å²) >= 11 is 0. The molecule has 1 saturated carbocycles. The zero-order valence-electron chi connectivity index (χ0n) is 8.75. The second kappa shape index (κ2) is 3.25. The van der Waals surface area contributed by atoms with Gasteiger partial charge < -0.3 is 10.5 Å². The van der Waals surface area contributed by atoms with Crippen molar-refractivity contribution in [2.24, 2.45) is 23.5 Å². The van der Waals surface area contributed by atoms with E-state index in [4.69, 9.17) is 10.5 Å². The lowest BCUT2D eigenvalue weighted by molar-refractivity contribution is 0.0519. The maximum absolute atomic E-state index is 6.41. The highest BCUT2D eigenvalue weighted by molar-refractivity contribution is 5.12. The molecule has 2 atom stereocenters. The topological polar surface area (TPSA) is 35.2 Å². The second-order valence-electron chi connectivity index (χ2n) is 5.05. The normalized spacial score (nSPS) is 41.1. The molecule has 0 bridgehead atoms. The Balaban J connectivity index is 1.93. The molecule has 0 aromatic rings. The van der Waals surface area contributed by atoms with Crippen molar-refractivity contribution in [3.63, 3.8) is 0 Å². The quantitative estimate of drug-likeness (QED) is 0.708. The van der Waals surface area contributed by atoms with E-state index < -0.39 is 0 Å². The Kier molecular flexibility index (Phi) is 2.37. The highest BCUT2D eigenvalue weighted by Crippen LogP contribution is 2.53. The third-order valence-corrected chi connectivity index (χ3v) is 3.89. The molecule has 0 aromatic heterocycles. The molecule has 1 aliphatic carbocycles. The van der Waals surface area contributed by atoms with E-state index in [2.05, 4.69) is 13.8 Å². The van der Waals surface area contributed by atoms with Crippen molar-refractivity contribution in [1.29, 1.82) is 0 Å². The summed E-state index contributed by atoms with van der Waals surface area (Å²) in [7, 11) is 0. The standard InChI is InChI=1S/C11H21NO/c1-8(2)10-7-11(10,12)9-3-5-13-6-4-9/h8-10H,3-7,12H2,1-2H3. The maximum Gasteiger partial charge on any atom is 0.0469 e. The number of nitrogens with two attached hydrogens (primary N) is 1. The van der Waals surface area contributed by atoms with Gasteiger partial charge in [0.1, 0.15) is 0 Å². The maximum atomic E-state index is 6.41. The van der Waals surface area contributed by atoms with Gasteiger partial charge in [-0.2, -0.15) is 0 Å². The van der Waals surface area contributed by atoms with E-state index in [0.717, 1.165) is 31.0 Å². The van der Waals surface area contributed by atoms with Crippen molar-refractivity contribution in [3.05, 3.63) is 0 Å². The summed E-state index contributed by atoms with van der Waals surface area (Å²) in [5.41, 5.74) is 6.59. The minimum absolute atomic E-state index is 0.179. The van der Waals surface area contributed by atoms with Crippen molar-refractivity contribution in [2.45, 2.75) is 38.6 Å². The molecule has 0 spiro atoms. The Morgan fingerprint density at radius 2 is 1.92 bits per heavy atom. The Morgan fingerprint density at radius 3 is 2.38 bits per heavy atom. The van der Waals surface area contributed by atoms with E-state index >= 15 is 0 Å². The first-order chi connectivity index (χ1) is 6.14. The fourth-order valence-electron chi connectivity index (χ4n) is 2.88. The Hall–Kier alpha value is -0.0800. The van der Waals surface area contributed by atoms with Gasteiger partial charge in [-0.25, -0.2) is 0 Å². The van der Waals surface area contributed by atoms with Crippen LogP contribution in [0.2, 0.25) is 0 Å². The van der Waals surface area contributed by atoms with Gasteiger partial charge in [-0.3, -0.25) is 0 Å². The van der Waals surface area contributed by atoms with Gasteiger partial charge in [0.25, 0.3) is 0 Å². The van der Waals surface area contributed by atoms with Crippen LogP contribution in [0.5, 0.6) is 0 Å². The molecule has 0 aromatic carbocycles. The molecule has 2 fully saturated rings. The van der Waals surface area contributed by atoms with Gasteiger partial charge in [0.05, 0.1) is 0 Å². The number of ether oxygens (including phenoxy) is 1. The summed E-state index contributed by atoms with van der Waals surface area (Å²) in [5.74, 6) is 2.26. The summed E-state index contributed by atoms with van der Waals surface area (Å²) in [4.78, 5) is 0. The van der Waals surface area contributed by atoms with E-state index in [1.165, 1.54) is 19.3 Å². The van der Waals surface area contributed by atoms with E-state index in [1.54, 1.807) is 0 Å². The molecule has 2 aliphatic rings. The van der Waals surface area contributed by atoms with Crippen LogP contribution < -0.4 is 5.73 Å². The average molecular weight is 183 g/mol. The first-order valence-electron chi connectivity index (χ1n) is 5.51. The van der Waals surface area contributed by atoms with Gasteiger partial charge in [-0.1, -0.05) is 13.8 Å². The second-order valence-corrected chi connectivity index (χ2v) is 5.05. The number of rotatable bonds is 2. The first-order valence-corrected chi connectivity index (χ1v) is 5.51. The molecule has 0 radical (unpaired) electrons. The van der Waals surface area contributed by atoms with Crippen LogP contribution >= 0.6 is 0 Å². The van der Waals surface area contributed by atoms with Crippen LogP contribution in [0.25, 0.3) is 0 Å². The summed E-state index contributed by atoms with van der Waals surface area (Å²) in [6.45, 7) is 6.43. The van der Waals surface area contributed by atoms with Gasteiger partial charge >= 0.3 is 0 Å². The Labute approximate surface area is 80.8 Å². The van der Waals surface area contributed by atoms with Crippen LogP contribution in [0, 0.1) is 17.8 Å². The molecule has 2 N–H and O–H groups in total. The number of hydrogen-bond donors (Lipinski definition) is 1. The van der Waals surface area contributed by atoms with Crippen molar-refractivity contribution in [3.8, 4) is 0 Å². The third kappa shape index (κ3) is 1.62. The predicted octanol–water partition coefficient (Wildman–Crippen LogP) is 1.79. The largest absolute Gasteiger partial charge is 0.381 e. The zero-order valence-corrected chi connectivity index (χ0v) is 8.75. The van der Waals surface area contributed by atoms with E-state index in [0.29, 0.717) is 0 Å². The van der Waals surface area contributed by atoms with Gasteiger partial charge in [0.15, 0.2) is 0 Å². The van der Waals surface area contributed by atoms with Crippen molar-refractivity contribution >= 4 is 0 Å². The van der Waals surface area contributed by atoms with Gasteiger partial charge in [-0.05, 0) is 37.0 Å². The molecule has 0 amide bonds. The molecule has 2 heteroatoms. The molecule has 1 aliphatic heterocycles. The van der Waals surface area contributed by atoms with Crippen molar-refractivity contribution < 1.29 is 4.74 Å². The van der Waals surface area contributed by atoms with Crippen LogP contribution in [0.4, 0.5) is 0 Å². The Morgan fingerprint density at radius 1 is 1.31 bits per heavy atom. The van der Waals surface area contributed by atoms with Gasteiger partial charge in [0, 0.05) is 18.8 Å². The molecule has 1 heterocycles. The SMILES string of the molecule is CC(C)C1CC1(N)C1CCOCC1. The van der Waals surface area contributed by atoms with Gasteiger partial charge in [-0.15, -0.1) is 0 Å². The molecule has 2 unspecified atom stereocenters. The minimum atomic E-state index is 0.179. The summed E-state index contributed by atoms with van der Waals surface area (Å²) in [6, 6.07) is 0. The number of hydrogen-bond acceptors (Lipinski definition) is 2. The predicted molar refractivity (Wildman–Crippen MR) is 53.4 cm³/mol. The van der Waals surface area contributed by atoms with Crippen LogP contribution in [0.3, 0.4) is 0 Å². The molecule has 2 nitrogen and oxygen atoms in total. The first kappa shape index (κ1) is 9.47. The van der Waals surface area contributed by atoms with Crippen LogP contribution in [-0.4, -0.2) is 18.8 Å². The lowest BCUT2D eigenvalue weighted by Gasteiger charge is -2.29. The molecule has 13 heavy (non-hydrogen) atoms. The zero-order chi connectivity index (χ0) is 9.47. The lowest BCUT2D eigenvalue weighted by Crippen LogP contribution is -2.39. The monoisotopic (exact) mass is 183 g/mol. The van der Waals surface area contributed by atoms with E-state index in [1.807, 2.05) is 0 Å². The summed E-state index contributed by atoms with van der Waals surface area (Å²) in [5, 5.41) is 0. The highest BCUT2D eigenvalue weighted by Gasteiger charge is 2.56. The third-order valence-electron chi connectivity index (χ3n) is 3.89. The molecule has 2 rings (SSSR count).